The van der Waals surface area contributed by atoms with Gasteiger partial charge in [0, 0.05) is 18.7 Å². The van der Waals surface area contributed by atoms with Gasteiger partial charge in [-0.05, 0) is 76.2 Å². The lowest BCUT2D eigenvalue weighted by Crippen LogP contribution is -2.60. The van der Waals surface area contributed by atoms with E-state index in [1.54, 1.807) is 12.0 Å². The number of nitrogens with one attached hydrogen (secondary N) is 1. The van der Waals surface area contributed by atoms with Gasteiger partial charge in [0.1, 0.15) is 30.4 Å². The third-order valence-corrected chi connectivity index (χ3v) is 8.83. The molecule has 1 aromatic carbocycles. The van der Waals surface area contributed by atoms with E-state index in [1.807, 2.05) is 12.1 Å². The van der Waals surface area contributed by atoms with Crippen LogP contribution in [0.15, 0.2) is 24.3 Å². The van der Waals surface area contributed by atoms with Gasteiger partial charge in [0.25, 0.3) is 5.91 Å². The second kappa shape index (κ2) is 10.2. The van der Waals surface area contributed by atoms with Gasteiger partial charge in [0.15, 0.2) is 5.78 Å². The number of carbonyl (C=O) groups is 3. The molecule has 0 spiro atoms. The number of rotatable bonds is 6. The highest BCUT2D eigenvalue weighted by atomic mass is 16.5. The molecule has 1 N–H and O–H groups in total. The maximum Gasteiger partial charge on any atom is 0.252 e. The Kier molecular flexibility index (Phi) is 7.21. The van der Waals surface area contributed by atoms with Crippen molar-refractivity contribution >= 4 is 17.6 Å². The van der Waals surface area contributed by atoms with E-state index >= 15 is 0 Å². The molecule has 0 bridgehead atoms. The van der Waals surface area contributed by atoms with E-state index in [9.17, 15) is 14.4 Å². The molecule has 0 radical (unpaired) electrons. The van der Waals surface area contributed by atoms with Gasteiger partial charge in [-0.3, -0.25) is 14.4 Å². The van der Waals surface area contributed by atoms with Gasteiger partial charge in [-0.25, -0.2) is 0 Å². The van der Waals surface area contributed by atoms with Crippen LogP contribution in [0, 0.1) is 0 Å². The van der Waals surface area contributed by atoms with Crippen molar-refractivity contribution < 1.29 is 23.9 Å². The van der Waals surface area contributed by atoms with E-state index in [0.29, 0.717) is 36.9 Å². The summed E-state index contributed by atoms with van der Waals surface area (Å²) in [4.78, 5) is 43.9. The maximum atomic E-state index is 13.9. The summed E-state index contributed by atoms with van der Waals surface area (Å²) in [6, 6.07) is 7.85. The topological polar surface area (TPSA) is 88.2 Å². The summed E-state index contributed by atoms with van der Waals surface area (Å²) >= 11 is 0. The van der Waals surface area contributed by atoms with Gasteiger partial charge in [-0.15, -0.1) is 0 Å². The smallest absolute Gasteiger partial charge is 0.252 e. The van der Waals surface area contributed by atoms with Gasteiger partial charge in [0.2, 0.25) is 5.91 Å². The molecule has 3 heterocycles. The van der Waals surface area contributed by atoms with Crippen LogP contribution in [0.4, 0.5) is 0 Å². The number of fused-ring (bicyclic) bond motifs is 1. The number of amides is 2. The molecule has 3 saturated heterocycles. The first-order valence-electron chi connectivity index (χ1n) is 13.5. The largest absolute Gasteiger partial charge is 0.377 e. The van der Waals surface area contributed by atoms with Gasteiger partial charge in [-0.1, -0.05) is 25.0 Å². The van der Waals surface area contributed by atoms with Crippen molar-refractivity contribution in [1.82, 2.24) is 15.1 Å². The molecule has 0 aromatic heterocycles. The monoisotopic (exact) mass is 497 g/mol. The first-order valence-corrected chi connectivity index (χ1v) is 13.5. The standard InChI is InChI=1S/C28H39N3O5/c1-18(2)30-14-10-20(11-15-30)19-6-8-21(9-7-19)26(33)29-28(12-4-5-13-28)27(34)31-16-23(35-3)25-24(31)22(32)17-36-25/h6-9,18,20,23-25H,4-5,10-17H2,1-3H3,(H,29,33)/t23-,24-,25-/m1/s1. The minimum atomic E-state index is -0.991. The number of ether oxygens (including phenoxy) is 2. The van der Waals surface area contributed by atoms with Crippen molar-refractivity contribution in [2.24, 2.45) is 0 Å². The van der Waals surface area contributed by atoms with E-state index < -0.39 is 17.7 Å². The quantitative estimate of drug-likeness (QED) is 0.650. The summed E-state index contributed by atoms with van der Waals surface area (Å²) in [5.74, 6) is -0.000176. The Labute approximate surface area is 213 Å². The lowest BCUT2D eigenvalue weighted by Gasteiger charge is -2.35. The zero-order valence-electron chi connectivity index (χ0n) is 21.7. The lowest BCUT2D eigenvalue weighted by atomic mass is 9.88. The number of benzene rings is 1. The number of likely N-dealkylation sites (tertiary alicyclic amines) is 2. The number of hydrogen-bond donors (Lipinski definition) is 1. The van der Waals surface area contributed by atoms with E-state index in [0.717, 1.165) is 38.8 Å². The van der Waals surface area contributed by atoms with Crippen molar-refractivity contribution in [3.63, 3.8) is 0 Å². The Morgan fingerprint density at radius 2 is 1.78 bits per heavy atom. The Bertz CT molecular complexity index is 979. The third-order valence-electron chi connectivity index (χ3n) is 8.83. The first kappa shape index (κ1) is 25.4. The highest BCUT2D eigenvalue weighted by Gasteiger charge is 2.56. The average molecular weight is 498 g/mol. The number of Topliss-reactive ketones (excluding diaryl/α,β-unsaturated/α-hetero) is 1. The number of piperidine rings is 1. The summed E-state index contributed by atoms with van der Waals surface area (Å²) in [7, 11) is 1.58. The van der Waals surface area contributed by atoms with Crippen molar-refractivity contribution in [3.05, 3.63) is 35.4 Å². The Hall–Kier alpha value is -2.29. The van der Waals surface area contributed by atoms with E-state index in [-0.39, 0.29) is 30.3 Å². The molecule has 0 unspecified atom stereocenters. The second-order valence-corrected chi connectivity index (χ2v) is 11.2. The van der Waals surface area contributed by atoms with Gasteiger partial charge < -0.3 is 24.6 Å². The van der Waals surface area contributed by atoms with Crippen molar-refractivity contribution in [2.45, 2.75) is 88.1 Å². The highest BCUT2D eigenvalue weighted by molar-refractivity contribution is 6.01. The van der Waals surface area contributed by atoms with Crippen LogP contribution in [-0.4, -0.2) is 90.6 Å². The summed E-state index contributed by atoms with van der Waals surface area (Å²) in [6.45, 7) is 7.00. The number of hydrogen-bond acceptors (Lipinski definition) is 6. The van der Waals surface area contributed by atoms with E-state index in [2.05, 4.69) is 36.2 Å². The molecular formula is C28H39N3O5. The van der Waals surface area contributed by atoms with E-state index in [1.165, 1.54) is 5.56 Å². The SMILES string of the molecule is CO[C@@H]1CN(C(=O)C2(NC(=O)c3ccc(C4CCN(C(C)C)CC4)cc3)CCCC2)[C@@H]2C(=O)CO[C@@H]21. The van der Waals surface area contributed by atoms with Gasteiger partial charge in [-0.2, -0.15) is 0 Å². The van der Waals surface area contributed by atoms with Crippen molar-refractivity contribution in [3.8, 4) is 0 Å². The molecule has 4 aliphatic rings. The summed E-state index contributed by atoms with van der Waals surface area (Å²) in [5.41, 5.74) is 0.844. The van der Waals surface area contributed by atoms with Crippen LogP contribution in [0.25, 0.3) is 0 Å². The van der Waals surface area contributed by atoms with Crippen LogP contribution in [-0.2, 0) is 19.1 Å². The molecule has 5 rings (SSSR count). The fourth-order valence-corrected chi connectivity index (χ4v) is 6.62. The number of methoxy groups -OCH3 is 1. The maximum absolute atomic E-state index is 13.9. The van der Waals surface area contributed by atoms with Crippen molar-refractivity contribution in [1.29, 1.82) is 0 Å². The van der Waals surface area contributed by atoms with Crippen LogP contribution in [0.1, 0.15) is 74.2 Å². The minimum Gasteiger partial charge on any atom is -0.377 e. The predicted octanol–water partition coefficient (Wildman–Crippen LogP) is 2.51. The molecular weight excluding hydrogens is 458 g/mol. The Morgan fingerprint density at radius 3 is 2.39 bits per heavy atom. The predicted molar refractivity (Wildman–Crippen MR) is 135 cm³/mol. The van der Waals surface area contributed by atoms with Gasteiger partial charge >= 0.3 is 0 Å². The zero-order valence-corrected chi connectivity index (χ0v) is 21.7. The zero-order chi connectivity index (χ0) is 25.4. The third kappa shape index (κ3) is 4.59. The molecule has 1 aromatic rings. The second-order valence-electron chi connectivity index (χ2n) is 11.2. The summed E-state index contributed by atoms with van der Waals surface area (Å²) in [6.07, 6.45) is 4.37. The van der Waals surface area contributed by atoms with Crippen LogP contribution in [0.3, 0.4) is 0 Å². The Balaban J connectivity index is 1.28. The lowest BCUT2D eigenvalue weighted by molar-refractivity contribution is -0.142. The molecule has 1 aliphatic carbocycles. The molecule has 36 heavy (non-hydrogen) atoms. The summed E-state index contributed by atoms with van der Waals surface area (Å²) in [5, 5.41) is 3.10. The molecule has 1 saturated carbocycles. The minimum absolute atomic E-state index is 0.00117. The van der Waals surface area contributed by atoms with Crippen LogP contribution < -0.4 is 5.32 Å². The molecule has 8 nitrogen and oxygen atoms in total. The highest BCUT2D eigenvalue weighted by Crippen LogP contribution is 2.37. The average Bonchev–Trinajstić information content (AvgIpc) is 3.61. The molecule has 8 heteroatoms. The molecule has 3 aliphatic heterocycles. The number of ketones is 1. The Morgan fingerprint density at radius 1 is 1.11 bits per heavy atom. The molecule has 196 valence electrons. The fourth-order valence-electron chi connectivity index (χ4n) is 6.62. The van der Waals surface area contributed by atoms with Crippen LogP contribution in [0.5, 0.6) is 0 Å². The number of nitrogens with zero attached hydrogens (tertiary/aromatic N) is 2. The fraction of sp³-hybridized carbons (Fsp3) is 0.679. The number of carbonyl (C=O) groups excluding carboxylic acids is 3. The normalized spacial score (nSPS) is 28.6. The van der Waals surface area contributed by atoms with E-state index in [4.69, 9.17) is 9.47 Å². The molecule has 2 amide bonds. The van der Waals surface area contributed by atoms with Gasteiger partial charge in [0.05, 0.1) is 6.54 Å². The summed E-state index contributed by atoms with van der Waals surface area (Å²) < 4.78 is 11.2. The van der Waals surface area contributed by atoms with Crippen molar-refractivity contribution in [2.75, 3.05) is 33.4 Å². The van der Waals surface area contributed by atoms with Crippen LogP contribution >= 0.6 is 0 Å². The molecule has 3 atom stereocenters. The van der Waals surface area contributed by atoms with Crippen LogP contribution in [0.2, 0.25) is 0 Å². The molecule has 4 fully saturated rings. The first-order chi connectivity index (χ1) is 17.3.